The lowest BCUT2D eigenvalue weighted by molar-refractivity contribution is -0.118. The summed E-state index contributed by atoms with van der Waals surface area (Å²) in [6.07, 6.45) is 0.347. The molecular weight excluding hydrogens is 310 g/mol. The predicted octanol–water partition coefficient (Wildman–Crippen LogP) is 3.39. The standard InChI is InChI=1S/C18H19NO3S/c1-21-15-8-7-13(11-16(15)22-2)12-18(20)19-9-10-23-17-6-4-3-5-14(17)19/h3-8,11H,9-10,12H2,1-2H3. The van der Waals surface area contributed by atoms with Crippen molar-refractivity contribution in [1.82, 2.24) is 0 Å². The van der Waals surface area contributed by atoms with Crippen molar-refractivity contribution in [2.75, 3.05) is 31.4 Å². The fraction of sp³-hybridized carbons (Fsp3) is 0.278. The highest BCUT2D eigenvalue weighted by molar-refractivity contribution is 7.99. The van der Waals surface area contributed by atoms with Crippen LogP contribution in [0.3, 0.4) is 0 Å². The van der Waals surface area contributed by atoms with E-state index >= 15 is 0 Å². The number of nitrogens with zero attached hydrogens (tertiary/aromatic N) is 1. The average Bonchev–Trinajstić information content (AvgIpc) is 2.61. The lowest BCUT2D eigenvalue weighted by Gasteiger charge is -2.29. The summed E-state index contributed by atoms with van der Waals surface area (Å²) in [6.45, 7) is 0.744. The van der Waals surface area contributed by atoms with Gasteiger partial charge in [0, 0.05) is 17.2 Å². The number of methoxy groups -OCH3 is 2. The molecule has 0 aromatic heterocycles. The minimum atomic E-state index is 0.102. The van der Waals surface area contributed by atoms with Crippen LogP contribution in [-0.2, 0) is 11.2 Å². The number of hydrogen-bond donors (Lipinski definition) is 0. The third kappa shape index (κ3) is 3.29. The van der Waals surface area contributed by atoms with E-state index in [1.54, 1.807) is 26.0 Å². The van der Waals surface area contributed by atoms with Crippen molar-refractivity contribution >= 4 is 23.4 Å². The number of carbonyl (C=O) groups is 1. The molecule has 0 N–H and O–H groups in total. The van der Waals surface area contributed by atoms with Gasteiger partial charge in [-0.2, -0.15) is 0 Å². The Hall–Kier alpha value is -2.14. The number of fused-ring (bicyclic) bond motifs is 1. The highest BCUT2D eigenvalue weighted by Gasteiger charge is 2.22. The Morgan fingerprint density at radius 1 is 1.13 bits per heavy atom. The van der Waals surface area contributed by atoms with Crippen LogP contribution < -0.4 is 14.4 Å². The Kier molecular flexibility index (Phi) is 4.76. The van der Waals surface area contributed by atoms with E-state index < -0.39 is 0 Å². The maximum Gasteiger partial charge on any atom is 0.231 e. The lowest BCUT2D eigenvalue weighted by atomic mass is 10.1. The maximum atomic E-state index is 12.7. The molecule has 0 saturated heterocycles. The largest absolute Gasteiger partial charge is 0.493 e. The van der Waals surface area contributed by atoms with Gasteiger partial charge in [-0.3, -0.25) is 4.79 Å². The van der Waals surface area contributed by atoms with Crippen molar-refractivity contribution in [3.8, 4) is 11.5 Å². The first-order chi connectivity index (χ1) is 11.2. The van der Waals surface area contributed by atoms with Gasteiger partial charge in [0.25, 0.3) is 0 Å². The Morgan fingerprint density at radius 3 is 2.70 bits per heavy atom. The van der Waals surface area contributed by atoms with Gasteiger partial charge < -0.3 is 14.4 Å². The van der Waals surface area contributed by atoms with Crippen LogP contribution in [0.15, 0.2) is 47.4 Å². The SMILES string of the molecule is COc1ccc(CC(=O)N2CCSc3ccccc32)cc1OC. The first-order valence-electron chi connectivity index (χ1n) is 7.46. The first-order valence-corrected chi connectivity index (χ1v) is 8.44. The van der Waals surface area contributed by atoms with E-state index in [9.17, 15) is 4.79 Å². The number of carbonyl (C=O) groups excluding carboxylic acids is 1. The second kappa shape index (κ2) is 6.96. The van der Waals surface area contributed by atoms with Gasteiger partial charge in [0.2, 0.25) is 5.91 Å². The monoisotopic (exact) mass is 329 g/mol. The fourth-order valence-corrected chi connectivity index (χ4v) is 3.68. The molecule has 0 atom stereocenters. The van der Waals surface area contributed by atoms with Crippen molar-refractivity contribution in [2.45, 2.75) is 11.3 Å². The molecule has 0 unspecified atom stereocenters. The lowest BCUT2D eigenvalue weighted by Crippen LogP contribution is -2.36. The van der Waals surface area contributed by atoms with Gasteiger partial charge in [0.05, 0.1) is 26.3 Å². The first kappa shape index (κ1) is 15.7. The molecule has 1 heterocycles. The molecule has 5 heteroatoms. The Morgan fingerprint density at radius 2 is 1.91 bits per heavy atom. The summed E-state index contributed by atoms with van der Waals surface area (Å²) in [5.41, 5.74) is 1.93. The highest BCUT2D eigenvalue weighted by atomic mass is 32.2. The zero-order chi connectivity index (χ0) is 16.2. The normalized spacial score (nSPS) is 13.4. The van der Waals surface area contributed by atoms with E-state index in [4.69, 9.17) is 9.47 Å². The van der Waals surface area contributed by atoms with Crippen LogP contribution in [0.4, 0.5) is 5.69 Å². The van der Waals surface area contributed by atoms with Crippen LogP contribution in [-0.4, -0.2) is 32.4 Å². The van der Waals surface area contributed by atoms with E-state index in [2.05, 4.69) is 6.07 Å². The topological polar surface area (TPSA) is 38.8 Å². The summed E-state index contributed by atoms with van der Waals surface area (Å²) in [6, 6.07) is 13.7. The van der Waals surface area contributed by atoms with E-state index in [0.717, 1.165) is 23.5 Å². The molecule has 0 saturated carbocycles. The fourth-order valence-electron chi connectivity index (χ4n) is 2.69. The Labute approximate surface area is 140 Å². The summed E-state index contributed by atoms with van der Waals surface area (Å²) in [4.78, 5) is 15.8. The number of amides is 1. The molecule has 0 aliphatic carbocycles. The summed E-state index contributed by atoms with van der Waals surface area (Å²) in [5, 5.41) is 0. The molecule has 4 nitrogen and oxygen atoms in total. The molecule has 0 spiro atoms. The van der Waals surface area contributed by atoms with Crippen molar-refractivity contribution < 1.29 is 14.3 Å². The molecule has 0 fully saturated rings. The summed E-state index contributed by atoms with van der Waals surface area (Å²) >= 11 is 1.80. The summed E-state index contributed by atoms with van der Waals surface area (Å²) in [7, 11) is 3.20. The Bertz CT molecular complexity index is 717. The van der Waals surface area contributed by atoms with Crippen LogP contribution in [0.1, 0.15) is 5.56 Å². The zero-order valence-electron chi connectivity index (χ0n) is 13.2. The van der Waals surface area contributed by atoms with Crippen LogP contribution >= 0.6 is 11.8 Å². The summed E-state index contributed by atoms with van der Waals surface area (Å²) in [5.74, 6) is 2.34. The van der Waals surface area contributed by atoms with Crippen molar-refractivity contribution in [1.29, 1.82) is 0 Å². The van der Waals surface area contributed by atoms with Gasteiger partial charge in [0.1, 0.15) is 0 Å². The minimum absolute atomic E-state index is 0.102. The minimum Gasteiger partial charge on any atom is -0.493 e. The number of ether oxygens (including phenoxy) is 2. The number of anilines is 1. The second-order valence-corrected chi connectivity index (χ2v) is 6.36. The van der Waals surface area contributed by atoms with Crippen LogP contribution in [0.25, 0.3) is 0 Å². The predicted molar refractivity (Wildman–Crippen MR) is 92.8 cm³/mol. The van der Waals surface area contributed by atoms with Crippen molar-refractivity contribution in [3.63, 3.8) is 0 Å². The van der Waals surface area contributed by atoms with Gasteiger partial charge in [-0.15, -0.1) is 11.8 Å². The van der Waals surface area contributed by atoms with E-state index in [0.29, 0.717) is 17.9 Å². The zero-order valence-corrected chi connectivity index (χ0v) is 14.1. The van der Waals surface area contributed by atoms with Gasteiger partial charge in [-0.25, -0.2) is 0 Å². The van der Waals surface area contributed by atoms with E-state index in [-0.39, 0.29) is 5.91 Å². The highest BCUT2D eigenvalue weighted by Crippen LogP contribution is 2.35. The quantitative estimate of drug-likeness (QED) is 0.862. The van der Waals surface area contributed by atoms with Crippen LogP contribution in [0, 0.1) is 0 Å². The molecule has 2 aromatic carbocycles. The number of hydrogen-bond acceptors (Lipinski definition) is 4. The third-order valence-electron chi connectivity index (χ3n) is 3.83. The smallest absolute Gasteiger partial charge is 0.231 e. The number of para-hydroxylation sites is 1. The Balaban J connectivity index is 1.80. The number of thioether (sulfide) groups is 1. The molecule has 23 heavy (non-hydrogen) atoms. The van der Waals surface area contributed by atoms with E-state index in [1.807, 2.05) is 41.3 Å². The van der Waals surface area contributed by atoms with Gasteiger partial charge in [-0.1, -0.05) is 18.2 Å². The van der Waals surface area contributed by atoms with Crippen LogP contribution in [0.5, 0.6) is 11.5 Å². The molecule has 120 valence electrons. The van der Waals surface area contributed by atoms with Gasteiger partial charge >= 0.3 is 0 Å². The molecular formula is C18H19NO3S. The maximum absolute atomic E-state index is 12.7. The van der Waals surface area contributed by atoms with E-state index in [1.165, 1.54) is 4.90 Å². The molecule has 1 aliphatic heterocycles. The molecule has 3 rings (SSSR count). The molecule has 1 amide bonds. The second-order valence-electron chi connectivity index (χ2n) is 5.23. The van der Waals surface area contributed by atoms with Gasteiger partial charge in [0.15, 0.2) is 11.5 Å². The molecule has 2 aromatic rings. The van der Waals surface area contributed by atoms with Crippen molar-refractivity contribution in [3.05, 3.63) is 48.0 Å². The average molecular weight is 329 g/mol. The third-order valence-corrected chi connectivity index (χ3v) is 4.88. The van der Waals surface area contributed by atoms with Crippen molar-refractivity contribution in [2.24, 2.45) is 0 Å². The summed E-state index contributed by atoms with van der Waals surface area (Å²) < 4.78 is 10.5. The molecule has 0 bridgehead atoms. The van der Waals surface area contributed by atoms with Gasteiger partial charge in [-0.05, 0) is 29.8 Å². The molecule has 0 radical (unpaired) electrons. The van der Waals surface area contributed by atoms with Crippen LogP contribution in [0.2, 0.25) is 0 Å². The molecule has 1 aliphatic rings. The number of rotatable bonds is 4. The number of benzene rings is 2.